The number of carbonyl (C=O) groups excluding carboxylic acids is 2. The molecule has 2 aromatic carbocycles. The molecule has 0 aliphatic carbocycles. The molecule has 5 heteroatoms. The molecule has 0 atom stereocenters. The summed E-state index contributed by atoms with van der Waals surface area (Å²) in [6.45, 7) is 5.05. The van der Waals surface area contributed by atoms with Crippen LogP contribution >= 0.6 is 0 Å². The van der Waals surface area contributed by atoms with E-state index in [-0.39, 0.29) is 5.91 Å². The maximum atomic E-state index is 12.1. The second kappa shape index (κ2) is 10.8. The normalized spacial score (nSPS) is 10.6. The summed E-state index contributed by atoms with van der Waals surface area (Å²) in [4.78, 5) is 24.0. The lowest BCUT2D eigenvalue weighted by atomic mass is 10.2. The summed E-state index contributed by atoms with van der Waals surface area (Å²) < 4.78 is 10.6. The average Bonchev–Trinajstić information content (AvgIpc) is 2.70. The van der Waals surface area contributed by atoms with Crippen LogP contribution in [-0.2, 0) is 9.53 Å². The highest BCUT2D eigenvalue weighted by atomic mass is 16.5. The topological polar surface area (TPSA) is 64.6 Å². The molecule has 2 rings (SSSR count). The molecule has 0 fully saturated rings. The first-order chi connectivity index (χ1) is 13.1. The molecule has 0 bridgehead atoms. The number of esters is 1. The molecule has 5 nitrogen and oxygen atoms in total. The first kappa shape index (κ1) is 20.2. The molecule has 2 aromatic rings. The minimum Gasteiger partial charge on any atom is -0.494 e. The van der Waals surface area contributed by atoms with Crippen molar-refractivity contribution in [3.05, 3.63) is 65.7 Å². The third kappa shape index (κ3) is 6.98. The van der Waals surface area contributed by atoms with E-state index in [0.717, 1.165) is 24.2 Å². The Morgan fingerprint density at radius 2 is 1.74 bits per heavy atom. The van der Waals surface area contributed by atoms with Gasteiger partial charge in [-0.1, -0.05) is 32.0 Å². The minimum absolute atomic E-state index is 0.277. The summed E-state index contributed by atoms with van der Waals surface area (Å²) in [6, 6.07) is 14.2. The highest BCUT2D eigenvalue weighted by molar-refractivity contribution is 6.02. The van der Waals surface area contributed by atoms with Crippen molar-refractivity contribution in [1.82, 2.24) is 0 Å². The monoisotopic (exact) mass is 367 g/mol. The second-order valence-electron chi connectivity index (χ2n) is 5.96. The van der Waals surface area contributed by atoms with Crippen molar-refractivity contribution in [2.75, 3.05) is 18.5 Å². The summed E-state index contributed by atoms with van der Waals surface area (Å²) in [5.74, 6) is 0.138. The van der Waals surface area contributed by atoms with Crippen molar-refractivity contribution in [1.29, 1.82) is 0 Å². The van der Waals surface area contributed by atoms with Crippen molar-refractivity contribution in [2.24, 2.45) is 0 Å². The van der Waals surface area contributed by atoms with Crippen LogP contribution in [0.25, 0.3) is 6.08 Å². The Bertz CT molecular complexity index is 781. The van der Waals surface area contributed by atoms with Crippen molar-refractivity contribution >= 4 is 23.6 Å². The maximum Gasteiger partial charge on any atom is 0.338 e. The zero-order valence-corrected chi connectivity index (χ0v) is 15.7. The highest BCUT2D eigenvalue weighted by Crippen LogP contribution is 2.14. The van der Waals surface area contributed by atoms with E-state index in [9.17, 15) is 9.59 Å². The minimum atomic E-state index is -0.395. The maximum absolute atomic E-state index is 12.1. The highest BCUT2D eigenvalue weighted by Gasteiger charge is 2.08. The van der Waals surface area contributed by atoms with Gasteiger partial charge in [-0.15, -0.1) is 0 Å². The van der Waals surface area contributed by atoms with Gasteiger partial charge in [0.1, 0.15) is 5.75 Å². The van der Waals surface area contributed by atoms with Crippen LogP contribution in [0.5, 0.6) is 5.75 Å². The lowest BCUT2D eigenvalue weighted by molar-refractivity contribution is -0.111. The molecule has 0 radical (unpaired) electrons. The van der Waals surface area contributed by atoms with Gasteiger partial charge in [-0.3, -0.25) is 4.79 Å². The number of carbonyl (C=O) groups is 2. The molecular weight excluding hydrogens is 342 g/mol. The largest absolute Gasteiger partial charge is 0.494 e. The smallest absolute Gasteiger partial charge is 0.338 e. The van der Waals surface area contributed by atoms with E-state index < -0.39 is 5.97 Å². The predicted molar refractivity (Wildman–Crippen MR) is 107 cm³/mol. The van der Waals surface area contributed by atoms with E-state index in [1.807, 2.05) is 31.2 Å². The average molecular weight is 367 g/mol. The third-order valence-electron chi connectivity index (χ3n) is 3.58. The van der Waals surface area contributed by atoms with Crippen LogP contribution in [0.2, 0.25) is 0 Å². The zero-order chi connectivity index (χ0) is 19.5. The molecule has 0 aliphatic rings. The fourth-order valence-electron chi connectivity index (χ4n) is 2.25. The van der Waals surface area contributed by atoms with Crippen LogP contribution < -0.4 is 10.1 Å². The fraction of sp³-hybridized carbons (Fsp3) is 0.273. The standard InChI is InChI=1S/C22H25NO4/c1-3-14-26-20-11-8-17(9-12-20)10-13-21(24)23-19-7-5-6-18(16-19)22(25)27-15-4-2/h5-13,16H,3-4,14-15H2,1-2H3,(H,23,24)/b13-10+. The SMILES string of the molecule is CCCOC(=O)c1cccc(NC(=O)/C=C/c2ccc(OCCC)cc2)c1. The number of benzene rings is 2. The van der Waals surface area contributed by atoms with Crippen molar-refractivity contribution < 1.29 is 19.1 Å². The number of hydrogen-bond donors (Lipinski definition) is 1. The molecule has 0 saturated heterocycles. The molecule has 27 heavy (non-hydrogen) atoms. The van der Waals surface area contributed by atoms with E-state index in [1.54, 1.807) is 30.3 Å². The van der Waals surface area contributed by atoms with Crippen molar-refractivity contribution in [3.63, 3.8) is 0 Å². The van der Waals surface area contributed by atoms with Crippen LogP contribution in [0.15, 0.2) is 54.6 Å². The number of rotatable bonds is 9. The zero-order valence-electron chi connectivity index (χ0n) is 15.7. The second-order valence-corrected chi connectivity index (χ2v) is 5.96. The Kier molecular flexibility index (Phi) is 8.10. The van der Waals surface area contributed by atoms with Crippen LogP contribution in [0, 0.1) is 0 Å². The summed E-state index contributed by atoms with van der Waals surface area (Å²) >= 11 is 0. The van der Waals surface area contributed by atoms with Crippen LogP contribution in [-0.4, -0.2) is 25.1 Å². The van der Waals surface area contributed by atoms with Gasteiger partial charge in [-0.05, 0) is 54.8 Å². The first-order valence-corrected chi connectivity index (χ1v) is 9.11. The Balaban J connectivity index is 1.93. The quantitative estimate of drug-likeness (QED) is 0.516. The third-order valence-corrected chi connectivity index (χ3v) is 3.58. The van der Waals surface area contributed by atoms with Gasteiger partial charge in [0.2, 0.25) is 5.91 Å². The van der Waals surface area contributed by atoms with Gasteiger partial charge >= 0.3 is 5.97 Å². The predicted octanol–water partition coefficient (Wildman–Crippen LogP) is 4.69. The first-order valence-electron chi connectivity index (χ1n) is 9.11. The molecule has 0 spiro atoms. The summed E-state index contributed by atoms with van der Waals surface area (Å²) in [5, 5.41) is 2.74. The number of anilines is 1. The van der Waals surface area contributed by atoms with Crippen molar-refractivity contribution in [2.45, 2.75) is 26.7 Å². The van der Waals surface area contributed by atoms with E-state index >= 15 is 0 Å². The Labute approximate surface area is 160 Å². The fourth-order valence-corrected chi connectivity index (χ4v) is 2.25. The van der Waals surface area contributed by atoms with E-state index in [2.05, 4.69) is 12.2 Å². The molecule has 0 saturated carbocycles. The Hall–Kier alpha value is -3.08. The summed E-state index contributed by atoms with van der Waals surface area (Å²) in [6.07, 6.45) is 4.89. The van der Waals surface area contributed by atoms with Gasteiger partial charge in [-0.25, -0.2) is 4.79 Å². The van der Waals surface area contributed by atoms with Crippen LogP contribution in [0.4, 0.5) is 5.69 Å². The van der Waals surface area contributed by atoms with E-state index in [4.69, 9.17) is 9.47 Å². The molecule has 0 unspecified atom stereocenters. The summed E-state index contributed by atoms with van der Waals surface area (Å²) in [5.41, 5.74) is 1.85. The molecule has 142 valence electrons. The molecule has 0 heterocycles. The number of amides is 1. The van der Waals surface area contributed by atoms with Crippen molar-refractivity contribution in [3.8, 4) is 5.75 Å². The van der Waals surface area contributed by atoms with E-state index in [0.29, 0.717) is 24.5 Å². The van der Waals surface area contributed by atoms with Gasteiger partial charge in [0.15, 0.2) is 0 Å². The van der Waals surface area contributed by atoms with Gasteiger partial charge in [0, 0.05) is 11.8 Å². The molecule has 1 amide bonds. The van der Waals surface area contributed by atoms with Crippen LogP contribution in [0.1, 0.15) is 42.6 Å². The van der Waals surface area contributed by atoms with Gasteiger partial charge < -0.3 is 14.8 Å². The lowest BCUT2D eigenvalue weighted by Gasteiger charge is -2.06. The lowest BCUT2D eigenvalue weighted by Crippen LogP contribution is -2.10. The van der Waals surface area contributed by atoms with E-state index in [1.165, 1.54) is 6.08 Å². The molecular formula is C22H25NO4. The molecule has 1 N–H and O–H groups in total. The number of hydrogen-bond acceptors (Lipinski definition) is 4. The number of ether oxygens (including phenoxy) is 2. The van der Waals surface area contributed by atoms with Gasteiger partial charge in [0.25, 0.3) is 0 Å². The van der Waals surface area contributed by atoms with Gasteiger partial charge in [-0.2, -0.15) is 0 Å². The Morgan fingerprint density at radius 1 is 1.00 bits per heavy atom. The molecule has 0 aliphatic heterocycles. The van der Waals surface area contributed by atoms with Gasteiger partial charge in [0.05, 0.1) is 18.8 Å². The Morgan fingerprint density at radius 3 is 2.44 bits per heavy atom. The summed E-state index contributed by atoms with van der Waals surface area (Å²) in [7, 11) is 0. The number of nitrogens with one attached hydrogen (secondary N) is 1. The van der Waals surface area contributed by atoms with Crippen LogP contribution in [0.3, 0.4) is 0 Å². The molecule has 0 aromatic heterocycles.